The Morgan fingerprint density at radius 1 is 1.29 bits per heavy atom. The van der Waals surface area contributed by atoms with E-state index in [9.17, 15) is 0 Å². The maximum absolute atomic E-state index is 6.25. The average molecular weight is 327 g/mol. The number of aromatic nitrogens is 4. The predicted octanol–water partition coefficient (Wildman–Crippen LogP) is 2.53. The third-order valence-corrected chi connectivity index (χ3v) is 5.28. The van der Waals surface area contributed by atoms with Crippen LogP contribution in [0.1, 0.15) is 48.8 Å². The lowest BCUT2D eigenvalue weighted by Crippen LogP contribution is -2.47. The van der Waals surface area contributed by atoms with Crippen molar-refractivity contribution in [2.24, 2.45) is 0 Å². The zero-order chi connectivity index (χ0) is 16.6. The second-order valence-electron chi connectivity index (χ2n) is 6.87. The summed E-state index contributed by atoms with van der Waals surface area (Å²) in [5.74, 6) is 1.95. The van der Waals surface area contributed by atoms with Crippen molar-refractivity contribution in [2.45, 2.75) is 51.6 Å². The Kier molecular flexibility index (Phi) is 4.00. The van der Waals surface area contributed by atoms with E-state index in [2.05, 4.69) is 27.0 Å². The zero-order valence-electron chi connectivity index (χ0n) is 14.5. The van der Waals surface area contributed by atoms with Crippen molar-refractivity contribution in [1.29, 1.82) is 0 Å². The fourth-order valence-corrected chi connectivity index (χ4v) is 4.00. The van der Waals surface area contributed by atoms with Gasteiger partial charge in [0.2, 0.25) is 0 Å². The predicted molar refractivity (Wildman–Crippen MR) is 92.1 cm³/mol. The molecule has 4 heterocycles. The molecular weight excluding hydrogens is 302 g/mol. The fraction of sp³-hybridized carbons (Fsp3) is 0.611. The topological polar surface area (TPSA) is 66.9 Å². The third kappa shape index (κ3) is 2.59. The second-order valence-corrected chi connectivity index (χ2v) is 6.87. The molecule has 1 N–H and O–H groups in total. The van der Waals surface area contributed by atoms with Gasteiger partial charge in [0, 0.05) is 24.8 Å². The van der Waals surface area contributed by atoms with Crippen LogP contribution >= 0.6 is 0 Å². The van der Waals surface area contributed by atoms with E-state index in [1.165, 1.54) is 16.8 Å². The van der Waals surface area contributed by atoms with Gasteiger partial charge in [0.15, 0.2) is 0 Å². The van der Waals surface area contributed by atoms with Gasteiger partial charge in [-0.1, -0.05) is 13.3 Å². The quantitative estimate of drug-likeness (QED) is 0.938. The standard InChI is InChI=1S/C18H25N5O/c1-3-4-15-11-19-13(2)21-17(15)23-8-6-18(7-9-23)16-14(5-10-24-18)12-20-22-16/h11-12H,3-10H2,1-2H3,(H,20,22). The summed E-state index contributed by atoms with van der Waals surface area (Å²) in [4.78, 5) is 11.5. The number of aryl methyl sites for hydroxylation is 2. The van der Waals surface area contributed by atoms with Gasteiger partial charge in [-0.25, -0.2) is 9.97 Å². The molecule has 0 saturated carbocycles. The molecule has 2 aliphatic rings. The first-order chi connectivity index (χ1) is 11.7. The summed E-state index contributed by atoms with van der Waals surface area (Å²) in [7, 11) is 0. The summed E-state index contributed by atoms with van der Waals surface area (Å²) in [6, 6.07) is 0. The molecule has 4 rings (SSSR count). The molecule has 1 fully saturated rings. The molecule has 128 valence electrons. The minimum absolute atomic E-state index is 0.187. The summed E-state index contributed by atoms with van der Waals surface area (Å²) in [5.41, 5.74) is 3.58. The number of rotatable bonds is 3. The molecule has 0 radical (unpaired) electrons. The molecule has 0 atom stereocenters. The van der Waals surface area contributed by atoms with Crippen LogP contribution in [-0.4, -0.2) is 39.9 Å². The van der Waals surface area contributed by atoms with Crippen LogP contribution in [0.25, 0.3) is 0 Å². The maximum Gasteiger partial charge on any atom is 0.135 e. The van der Waals surface area contributed by atoms with Crippen molar-refractivity contribution in [3.05, 3.63) is 35.0 Å². The highest BCUT2D eigenvalue weighted by molar-refractivity contribution is 5.47. The summed E-state index contributed by atoms with van der Waals surface area (Å²) < 4.78 is 6.25. The van der Waals surface area contributed by atoms with Crippen LogP contribution in [0.15, 0.2) is 12.4 Å². The van der Waals surface area contributed by atoms with Crippen molar-refractivity contribution in [2.75, 3.05) is 24.6 Å². The van der Waals surface area contributed by atoms with E-state index < -0.39 is 0 Å². The van der Waals surface area contributed by atoms with Crippen LogP contribution in [0.2, 0.25) is 0 Å². The van der Waals surface area contributed by atoms with Gasteiger partial charge in [-0.05, 0) is 38.2 Å². The molecule has 6 heteroatoms. The second kappa shape index (κ2) is 6.16. The van der Waals surface area contributed by atoms with Crippen LogP contribution in [0.5, 0.6) is 0 Å². The fourth-order valence-electron chi connectivity index (χ4n) is 4.00. The Balaban J connectivity index is 1.57. The first-order valence-corrected chi connectivity index (χ1v) is 8.96. The van der Waals surface area contributed by atoms with Crippen molar-refractivity contribution >= 4 is 5.82 Å². The third-order valence-electron chi connectivity index (χ3n) is 5.28. The normalized spacial score (nSPS) is 19.5. The Labute approximate surface area is 142 Å². The number of aromatic amines is 1. The van der Waals surface area contributed by atoms with Gasteiger partial charge in [-0.3, -0.25) is 5.10 Å². The molecule has 2 aromatic rings. The smallest absolute Gasteiger partial charge is 0.135 e. The number of fused-ring (bicyclic) bond motifs is 2. The van der Waals surface area contributed by atoms with Crippen molar-refractivity contribution in [3.63, 3.8) is 0 Å². The number of anilines is 1. The molecule has 0 amide bonds. The van der Waals surface area contributed by atoms with Crippen LogP contribution in [0.4, 0.5) is 5.82 Å². The van der Waals surface area contributed by atoms with Gasteiger partial charge in [0.05, 0.1) is 18.5 Å². The van der Waals surface area contributed by atoms with Gasteiger partial charge < -0.3 is 9.64 Å². The molecule has 1 saturated heterocycles. The van der Waals surface area contributed by atoms with Crippen LogP contribution in [0.3, 0.4) is 0 Å². The molecule has 24 heavy (non-hydrogen) atoms. The Morgan fingerprint density at radius 3 is 2.92 bits per heavy atom. The lowest BCUT2D eigenvalue weighted by molar-refractivity contribution is -0.0796. The summed E-state index contributed by atoms with van der Waals surface area (Å²) in [5, 5.41) is 7.44. The summed E-state index contributed by atoms with van der Waals surface area (Å²) >= 11 is 0. The van der Waals surface area contributed by atoms with E-state index in [0.29, 0.717) is 0 Å². The number of nitrogens with zero attached hydrogens (tertiary/aromatic N) is 4. The van der Waals surface area contributed by atoms with Gasteiger partial charge in [0.25, 0.3) is 0 Å². The molecule has 0 aliphatic carbocycles. The Hall–Kier alpha value is -1.95. The van der Waals surface area contributed by atoms with Crippen molar-refractivity contribution in [1.82, 2.24) is 20.2 Å². The molecule has 0 unspecified atom stereocenters. The Morgan fingerprint density at radius 2 is 2.12 bits per heavy atom. The van der Waals surface area contributed by atoms with E-state index in [0.717, 1.165) is 63.4 Å². The Bertz CT molecular complexity index is 718. The monoisotopic (exact) mass is 327 g/mol. The van der Waals surface area contributed by atoms with Gasteiger partial charge in [-0.15, -0.1) is 0 Å². The molecule has 0 aromatic carbocycles. The lowest BCUT2D eigenvalue weighted by atomic mass is 9.83. The molecule has 0 bridgehead atoms. The van der Waals surface area contributed by atoms with Crippen LogP contribution < -0.4 is 4.90 Å². The van der Waals surface area contributed by atoms with E-state index in [4.69, 9.17) is 9.72 Å². The summed E-state index contributed by atoms with van der Waals surface area (Å²) in [6.07, 6.45) is 8.99. The first-order valence-electron chi connectivity index (χ1n) is 8.96. The lowest BCUT2D eigenvalue weighted by Gasteiger charge is -2.44. The van der Waals surface area contributed by atoms with Crippen LogP contribution in [-0.2, 0) is 23.2 Å². The summed E-state index contributed by atoms with van der Waals surface area (Å²) in [6.45, 7) is 6.85. The van der Waals surface area contributed by atoms with Gasteiger partial charge in [0.1, 0.15) is 17.2 Å². The molecule has 2 aromatic heterocycles. The SMILES string of the molecule is CCCc1cnc(C)nc1N1CCC2(CC1)OCCc1cn[nH]c12. The average Bonchev–Trinajstić information content (AvgIpc) is 3.08. The highest BCUT2D eigenvalue weighted by Crippen LogP contribution is 2.41. The minimum atomic E-state index is -0.187. The number of hydrogen-bond acceptors (Lipinski definition) is 5. The minimum Gasteiger partial charge on any atom is -0.368 e. The van der Waals surface area contributed by atoms with E-state index >= 15 is 0 Å². The van der Waals surface area contributed by atoms with Crippen molar-refractivity contribution in [3.8, 4) is 0 Å². The highest BCUT2D eigenvalue weighted by atomic mass is 16.5. The number of ether oxygens (including phenoxy) is 1. The highest BCUT2D eigenvalue weighted by Gasteiger charge is 2.42. The first kappa shape index (κ1) is 15.6. The molecular formula is C18H25N5O. The van der Waals surface area contributed by atoms with Crippen molar-refractivity contribution < 1.29 is 4.74 Å². The number of nitrogens with one attached hydrogen (secondary N) is 1. The zero-order valence-corrected chi connectivity index (χ0v) is 14.5. The molecule has 2 aliphatic heterocycles. The van der Waals surface area contributed by atoms with E-state index in [1.807, 2.05) is 19.3 Å². The molecule has 1 spiro atoms. The van der Waals surface area contributed by atoms with E-state index in [1.54, 1.807) is 0 Å². The maximum atomic E-state index is 6.25. The van der Waals surface area contributed by atoms with Gasteiger partial charge in [-0.2, -0.15) is 5.10 Å². The van der Waals surface area contributed by atoms with Gasteiger partial charge >= 0.3 is 0 Å². The number of H-pyrrole nitrogens is 1. The largest absolute Gasteiger partial charge is 0.368 e. The van der Waals surface area contributed by atoms with E-state index in [-0.39, 0.29) is 5.60 Å². The molecule has 6 nitrogen and oxygen atoms in total. The van der Waals surface area contributed by atoms with Crippen LogP contribution in [0, 0.1) is 6.92 Å². The number of hydrogen-bond donors (Lipinski definition) is 1. The number of piperidine rings is 1.